The summed E-state index contributed by atoms with van der Waals surface area (Å²) in [6.45, 7) is 0. The summed E-state index contributed by atoms with van der Waals surface area (Å²) in [6.07, 6.45) is 0.890. The molecule has 0 radical (unpaired) electrons. The van der Waals surface area contributed by atoms with Gasteiger partial charge in [-0.1, -0.05) is 24.3 Å². The number of thioether (sulfide) groups is 1. The molecule has 0 aliphatic carbocycles. The van der Waals surface area contributed by atoms with Gasteiger partial charge in [0, 0.05) is 22.7 Å². The van der Waals surface area contributed by atoms with E-state index in [1.54, 1.807) is 19.2 Å². The zero-order chi connectivity index (χ0) is 17.1. The molecule has 24 heavy (non-hydrogen) atoms. The molecule has 0 saturated heterocycles. The number of pyridine rings is 1. The average molecular weight is 342 g/mol. The van der Waals surface area contributed by atoms with Gasteiger partial charge in [0.2, 0.25) is 0 Å². The number of ether oxygens (including phenoxy) is 1. The first-order chi connectivity index (χ1) is 11.6. The van der Waals surface area contributed by atoms with E-state index < -0.39 is 11.4 Å². The van der Waals surface area contributed by atoms with Crippen molar-refractivity contribution in [1.29, 1.82) is 5.41 Å². The van der Waals surface area contributed by atoms with Crippen LogP contribution in [0.3, 0.4) is 0 Å². The summed E-state index contributed by atoms with van der Waals surface area (Å²) in [5, 5.41) is 8.75. The minimum absolute atomic E-state index is 0.0360. The molecule has 0 saturated carbocycles. The van der Waals surface area contributed by atoms with Gasteiger partial charge < -0.3 is 15.1 Å². The van der Waals surface area contributed by atoms with Gasteiger partial charge in [-0.15, -0.1) is 11.8 Å². The lowest BCUT2D eigenvalue weighted by Crippen LogP contribution is -2.14. The number of halogens is 1. The molecule has 2 aromatic carbocycles. The zero-order valence-corrected chi connectivity index (χ0v) is 13.7. The molecule has 0 unspecified atom stereocenters. The van der Waals surface area contributed by atoms with Crippen molar-refractivity contribution in [3.8, 4) is 5.75 Å². The van der Waals surface area contributed by atoms with Crippen LogP contribution in [0.4, 0.5) is 4.39 Å². The second-order valence-corrected chi connectivity index (χ2v) is 6.13. The zero-order valence-electron chi connectivity index (χ0n) is 12.9. The van der Waals surface area contributed by atoms with Crippen LogP contribution in [-0.4, -0.2) is 18.3 Å². The van der Waals surface area contributed by atoms with E-state index in [4.69, 9.17) is 10.1 Å². The van der Waals surface area contributed by atoms with Gasteiger partial charge in [0.05, 0.1) is 17.7 Å². The molecule has 1 heterocycles. The highest BCUT2D eigenvalue weighted by Gasteiger charge is 2.13. The lowest BCUT2D eigenvalue weighted by molar-refractivity contribution is 0.414. The van der Waals surface area contributed by atoms with Crippen molar-refractivity contribution < 1.29 is 9.13 Å². The van der Waals surface area contributed by atoms with Gasteiger partial charge in [-0.3, -0.25) is 4.79 Å². The summed E-state index contributed by atoms with van der Waals surface area (Å²) in [5.74, 6) is 0.861. The summed E-state index contributed by atoms with van der Waals surface area (Å²) in [4.78, 5) is 14.9. The SMILES string of the molecule is COc1cccc(CSc2[nH]c(=O)c(C=N)c3c(F)cccc23)c1. The standard InChI is InChI=1S/C18H15FN2O2S/c1-23-12-5-2-4-11(8-12)10-24-18-13-6-3-7-15(19)16(13)14(9-20)17(22)21-18/h2-9,20H,10H2,1H3,(H,21,22). The van der Waals surface area contributed by atoms with Crippen molar-refractivity contribution >= 4 is 28.7 Å². The maximum atomic E-state index is 14.2. The second kappa shape index (κ2) is 6.88. The van der Waals surface area contributed by atoms with Crippen LogP contribution in [0.5, 0.6) is 5.75 Å². The topological polar surface area (TPSA) is 65.9 Å². The van der Waals surface area contributed by atoms with Crippen LogP contribution in [0.15, 0.2) is 52.3 Å². The van der Waals surface area contributed by atoms with Crippen molar-refractivity contribution in [3.05, 3.63) is 69.8 Å². The van der Waals surface area contributed by atoms with Gasteiger partial charge in [-0.25, -0.2) is 4.39 Å². The quantitative estimate of drug-likeness (QED) is 0.545. The summed E-state index contributed by atoms with van der Waals surface area (Å²) in [5.41, 5.74) is 0.602. The first-order valence-electron chi connectivity index (χ1n) is 7.24. The molecule has 4 nitrogen and oxygen atoms in total. The molecular formula is C18H15FN2O2S. The maximum absolute atomic E-state index is 14.2. The van der Waals surface area contributed by atoms with E-state index in [1.165, 1.54) is 17.8 Å². The molecule has 0 fully saturated rings. The van der Waals surface area contributed by atoms with Gasteiger partial charge in [0.15, 0.2) is 0 Å². The fraction of sp³-hybridized carbons (Fsp3) is 0.111. The van der Waals surface area contributed by atoms with Crippen LogP contribution in [-0.2, 0) is 5.75 Å². The Morgan fingerprint density at radius 3 is 2.83 bits per heavy atom. The molecule has 0 amide bonds. The number of benzene rings is 2. The van der Waals surface area contributed by atoms with Crippen LogP contribution in [0.2, 0.25) is 0 Å². The molecule has 6 heteroatoms. The summed E-state index contributed by atoms with van der Waals surface area (Å²) in [6, 6.07) is 12.3. The van der Waals surface area contributed by atoms with Crippen molar-refractivity contribution in [2.24, 2.45) is 0 Å². The summed E-state index contributed by atoms with van der Waals surface area (Å²) >= 11 is 1.41. The van der Waals surface area contributed by atoms with Crippen LogP contribution in [0.1, 0.15) is 11.1 Å². The van der Waals surface area contributed by atoms with Crippen LogP contribution >= 0.6 is 11.8 Å². The Hall–Kier alpha value is -2.60. The molecule has 3 rings (SSSR count). The number of hydrogen-bond acceptors (Lipinski definition) is 4. The first kappa shape index (κ1) is 16.3. The van der Waals surface area contributed by atoms with E-state index in [0.717, 1.165) is 17.5 Å². The number of rotatable bonds is 5. The smallest absolute Gasteiger partial charge is 0.258 e. The van der Waals surface area contributed by atoms with Crippen molar-refractivity contribution in [1.82, 2.24) is 4.98 Å². The van der Waals surface area contributed by atoms with E-state index in [-0.39, 0.29) is 10.9 Å². The number of H-pyrrole nitrogens is 1. The maximum Gasteiger partial charge on any atom is 0.258 e. The fourth-order valence-electron chi connectivity index (χ4n) is 2.51. The van der Waals surface area contributed by atoms with E-state index in [9.17, 15) is 9.18 Å². The Labute approximate surface area is 142 Å². The second-order valence-electron chi connectivity index (χ2n) is 5.14. The minimum atomic E-state index is -0.500. The molecule has 122 valence electrons. The Morgan fingerprint density at radius 2 is 2.08 bits per heavy atom. The molecule has 0 aliphatic rings. The molecule has 3 aromatic rings. The van der Waals surface area contributed by atoms with Gasteiger partial charge in [-0.2, -0.15) is 0 Å². The Morgan fingerprint density at radius 1 is 1.29 bits per heavy atom. The third kappa shape index (κ3) is 3.05. The Bertz CT molecular complexity index is 969. The molecule has 0 spiro atoms. The van der Waals surface area contributed by atoms with E-state index in [0.29, 0.717) is 16.2 Å². The highest BCUT2D eigenvalue weighted by Crippen LogP contribution is 2.30. The predicted molar refractivity (Wildman–Crippen MR) is 95.0 cm³/mol. The molecule has 0 bridgehead atoms. The highest BCUT2D eigenvalue weighted by molar-refractivity contribution is 7.98. The van der Waals surface area contributed by atoms with Gasteiger partial charge in [0.1, 0.15) is 11.6 Å². The number of aromatic nitrogens is 1. The number of methoxy groups -OCH3 is 1. The first-order valence-corrected chi connectivity index (χ1v) is 8.23. The molecule has 0 atom stereocenters. The monoisotopic (exact) mass is 342 g/mol. The van der Waals surface area contributed by atoms with E-state index in [2.05, 4.69) is 4.98 Å². The summed E-state index contributed by atoms with van der Waals surface area (Å²) in [7, 11) is 1.61. The Balaban J connectivity index is 2.02. The van der Waals surface area contributed by atoms with Crippen LogP contribution < -0.4 is 10.3 Å². The largest absolute Gasteiger partial charge is 0.497 e. The van der Waals surface area contributed by atoms with Crippen molar-refractivity contribution in [2.75, 3.05) is 7.11 Å². The highest BCUT2D eigenvalue weighted by atomic mass is 32.2. The lowest BCUT2D eigenvalue weighted by Gasteiger charge is -2.09. The van der Waals surface area contributed by atoms with Crippen LogP contribution in [0, 0.1) is 11.2 Å². The average Bonchev–Trinajstić information content (AvgIpc) is 2.60. The van der Waals surface area contributed by atoms with E-state index in [1.807, 2.05) is 24.3 Å². The summed E-state index contributed by atoms with van der Waals surface area (Å²) < 4.78 is 19.4. The molecule has 1 aromatic heterocycles. The number of nitrogens with one attached hydrogen (secondary N) is 2. The third-order valence-corrected chi connectivity index (χ3v) is 4.75. The molecular weight excluding hydrogens is 327 g/mol. The molecule has 0 aliphatic heterocycles. The van der Waals surface area contributed by atoms with Gasteiger partial charge in [-0.05, 0) is 23.8 Å². The lowest BCUT2D eigenvalue weighted by atomic mass is 10.1. The normalized spacial score (nSPS) is 10.8. The fourth-order valence-corrected chi connectivity index (χ4v) is 3.49. The van der Waals surface area contributed by atoms with E-state index >= 15 is 0 Å². The van der Waals surface area contributed by atoms with Crippen LogP contribution in [0.25, 0.3) is 10.8 Å². The Kier molecular flexibility index (Phi) is 4.66. The van der Waals surface area contributed by atoms with Gasteiger partial charge in [0.25, 0.3) is 5.56 Å². The molecule has 2 N–H and O–H groups in total. The number of fused-ring (bicyclic) bond motifs is 1. The van der Waals surface area contributed by atoms with Crippen molar-refractivity contribution in [3.63, 3.8) is 0 Å². The van der Waals surface area contributed by atoms with Gasteiger partial charge >= 0.3 is 0 Å². The van der Waals surface area contributed by atoms with Crippen molar-refractivity contribution in [2.45, 2.75) is 10.8 Å². The predicted octanol–water partition coefficient (Wildman–Crippen LogP) is 3.97. The number of hydrogen-bond donors (Lipinski definition) is 2. The third-order valence-electron chi connectivity index (χ3n) is 3.66. The number of aromatic amines is 1. The minimum Gasteiger partial charge on any atom is -0.497 e.